The molecule has 0 bridgehead atoms. The summed E-state index contributed by atoms with van der Waals surface area (Å²) in [6.07, 6.45) is 0. The molecule has 0 spiro atoms. The fourth-order valence-electron chi connectivity index (χ4n) is 0. The molecule has 0 rings (SSSR count). The average molecular weight is 201 g/mol. The standard InChI is InChI=1S/2ClH.Cu.H2S2/c;;;1-2/h2*1H;;1-2H/q;;+2;/p-2. The van der Waals surface area contributed by atoms with Crippen LogP contribution in [0.2, 0.25) is 0 Å². The van der Waals surface area contributed by atoms with E-state index in [1.165, 1.54) is 0 Å². The Kier molecular flexibility index (Phi) is 33.8. The molecule has 0 aliphatic heterocycles. The van der Waals surface area contributed by atoms with Crippen molar-refractivity contribution in [2.75, 3.05) is 0 Å². The number of rotatable bonds is 0. The third-order valence-electron chi connectivity index (χ3n) is 0. The maximum absolute atomic E-state index is 4.67. The molecule has 0 N–H and O–H groups in total. The summed E-state index contributed by atoms with van der Waals surface area (Å²) in [5, 5.41) is 0. The molecule has 0 aromatic rings. The van der Waals surface area contributed by atoms with Crippen LogP contribution in [0.4, 0.5) is 0 Å². The fraction of sp³-hybridized carbons (Fsp3) is 0. The Hall–Kier alpha value is 1.80. The van der Waals surface area contributed by atoms with Crippen molar-refractivity contribution in [1.29, 1.82) is 0 Å². The van der Waals surface area contributed by atoms with E-state index in [0.717, 1.165) is 13.1 Å². The van der Waals surface area contributed by atoms with Crippen LogP contribution in [0.5, 0.6) is 0 Å². The van der Waals surface area contributed by atoms with Gasteiger partial charge in [-0.3, -0.25) is 0 Å². The van der Waals surface area contributed by atoms with Gasteiger partial charge in [-0.05, 0) is 0 Å². The van der Waals surface area contributed by atoms with Crippen LogP contribution in [0.1, 0.15) is 0 Å². The minimum atomic E-state index is 0.757. The number of hydrogen-bond donors (Lipinski definition) is 2. The molecule has 5 heavy (non-hydrogen) atoms. The molecule has 0 saturated heterocycles. The summed E-state index contributed by atoms with van der Waals surface area (Å²) in [5.74, 6) is 0. The molecule has 0 radical (unpaired) electrons. The molecule has 5 heteroatoms. The van der Waals surface area contributed by atoms with E-state index >= 15 is 0 Å². The van der Waals surface area contributed by atoms with Crippen LogP contribution < -0.4 is 0 Å². The Morgan fingerprint density at radius 2 is 1.20 bits per heavy atom. The van der Waals surface area contributed by atoms with Crippen molar-refractivity contribution in [2.24, 2.45) is 0 Å². The first-order chi connectivity index (χ1) is 2.41. The van der Waals surface area contributed by atoms with E-state index in [2.05, 4.69) is 43.5 Å². The minimum absolute atomic E-state index is 0.757. The first-order valence-corrected chi connectivity index (χ1v) is 4.62. The van der Waals surface area contributed by atoms with E-state index in [9.17, 15) is 0 Å². The van der Waals surface area contributed by atoms with Crippen molar-refractivity contribution >= 4 is 43.5 Å². The predicted molar refractivity (Wildman–Crippen MR) is 29.7 cm³/mol. The van der Waals surface area contributed by atoms with Crippen LogP contribution in [-0.2, 0) is 13.1 Å². The van der Waals surface area contributed by atoms with Crippen molar-refractivity contribution in [3.8, 4) is 0 Å². The molecule has 0 aliphatic rings. The summed E-state index contributed by atoms with van der Waals surface area (Å²) < 4.78 is 0. The van der Waals surface area contributed by atoms with Crippen molar-refractivity contribution in [1.82, 2.24) is 0 Å². The van der Waals surface area contributed by atoms with Gasteiger partial charge >= 0.3 is 33.3 Å². The summed E-state index contributed by atoms with van der Waals surface area (Å²) in [5.41, 5.74) is 0. The van der Waals surface area contributed by atoms with E-state index in [4.69, 9.17) is 0 Å². The first-order valence-electron chi connectivity index (χ1n) is 0.428. The van der Waals surface area contributed by atoms with Gasteiger partial charge in [-0.25, -0.2) is 0 Å². The number of halogens is 2. The van der Waals surface area contributed by atoms with Crippen LogP contribution in [0.25, 0.3) is 0 Å². The zero-order valence-electron chi connectivity index (χ0n) is 1.95. The quantitative estimate of drug-likeness (QED) is 0.334. The van der Waals surface area contributed by atoms with Crippen LogP contribution in [-0.4, -0.2) is 0 Å². The second-order valence-corrected chi connectivity index (χ2v) is 1.60. The molecule has 0 fully saturated rings. The Morgan fingerprint density at radius 3 is 1.20 bits per heavy atom. The molecule has 0 aromatic carbocycles. The van der Waals surface area contributed by atoms with Crippen LogP contribution >= 0.6 is 43.5 Å². The molecule has 0 saturated carbocycles. The first kappa shape index (κ1) is 9.93. The molecule has 0 atom stereocenters. The van der Waals surface area contributed by atoms with Crippen molar-refractivity contribution in [3.05, 3.63) is 0 Å². The van der Waals surface area contributed by atoms with Gasteiger partial charge < -0.3 is 0 Å². The summed E-state index contributed by atoms with van der Waals surface area (Å²) in [6.45, 7) is 0. The van der Waals surface area contributed by atoms with Crippen molar-refractivity contribution < 1.29 is 13.1 Å². The molecule has 0 heterocycles. The number of hydrogen-bond acceptors (Lipinski definition) is 2. The van der Waals surface area contributed by atoms with Gasteiger partial charge in [0.15, 0.2) is 0 Å². The number of thiol groups is 2. The van der Waals surface area contributed by atoms with Crippen LogP contribution in [0.3, 0.4) is 0 Å². The monoisotopic (exact) mass is 199 g/mol. The van der Waals surface area contributed by atoms with E-state index in [0.29, 0.717) is 0 Å². The predicted octanol–water partition coefficient (Wildman–Crippen LogP) is 2.14. The molecule has 0 unspecified atom stereocenters. The molecule has 0 nitrogen and oxygen atoms in total. The average Bonchev–Trinajstić information content (AvgIpc) is 1.46. The Morgan fingerprint density at radius 1 is 1.20 bits per heavy atom. The molecular formula is H2Cl2CuS2. The normalized spacial score (nSPS) is 5.60. The van der Waals surface area contributed by atoms with E-state index in [-0.39, 0.29) is 0 Å². The van der Waals surface area contributed by atoms with Gasteiger partial charge in [0.1, 0.15) is 0 Å². The third kappa shape index (κ3) is 25.9. The topological polar surface area (TPSA) is 0 Å². The Labute approximate surface area is 56.4 Å². The van der Waals surface area contributed by atoms with Crippen molar-refractivity contribution in [2.45, 2.75) is 0 Å². The Bertz CT molecular complexity index is 7.61. The summed E-state index contributed by atoms with van der Waals surface area (Å²) in [4.78, 5) is 0. The zero-order valence-corrected chi connectivity index (χ0v) is 6.19. The fourth-order valence-corrected chi connectivity index (χ4v) is 0. The van der Waals surface area contributed by atoms with Gasteiger partial charge in [0, 0.05) is 0 Å². The third-order valence-corrected chi connectivity index (χ3v) is 0. The van der Waals surface area contributed by atoms with Gasteiger partial charge in [0.2, 0.25) is 0 Å². The zero-order chi connectivity index (χ0) is 4.71. The van der Waals surface area contributed by atoms with Crippen LogP contribution in [0, 0.1) is 0 Å². The SMILES string of the molecule is SS.[Cl][Cu][Cl]. The molecular weight excluding hydrogens is 199 g/mol. The van der Waals surface area contributed by atoms with Crippen molar-refractivity contribution in [3.63, 3.8) is 0 Å². The molecule has 0 amide bonds. The molecule has 39 valence electrons. The summed E-state index contributed by atoms with van der Waals surface area (Å²) >= 11 is 7.20. The van der Waals surface area contributed by atoms with Gasteiger partial charge in [0.05, 0.1) is 0 Å². The van der Waals surface area contributed by atoms with Gasteiger partial charge in [-0.15, -0.1) is 23.3 Å². The van der Waals surface area contributed by atoms with Gasteiger partial charge in [-0.1, -0.05) is 0 Å². The van der Waals surface area contributed by atoms with E-state index in [1.807, 2.05) is 0 Å². The van der Waals surface area contributed by atoms with E-state index in [1.54, 1.807) is 0 Å². The second kappa shape index (κ2) is 17.0. The molecule has 0 aliphatic carbocycles. The maximum atomic E-state index is 4.67. The van der Waals surface area contributed by atoms with Gasteiger partial charge in [0.25, 0.3) is 0 Å². The van der Waals surface area contributed by atoms with Crippen LogP contribution in [0.15, 0.2) is 0 Å². The Balaban J connectivity index is 0. The molecule has 0 aromatic heterocycles. The summed E-state index contributed by atoms with van der Waals surface area (Å²) in [6, 6.07) is 0. The summed E-state index contributed by atoms with van der Waals surface area (Å²) in [7, 11) is 9.34. The van der Waals surface area contributed by atoms with Gasteiger partial charge in [-0.2, -0.15) is 0 Å². The van der Waals surface area contributed by atoms with E-state index < -0.39 is 0 Å². The second-order valence-electron chi connectivity index (χ2n) is 0.0431.